The Balaban J connectivity index is 1.88. The first kappa shape index (κ1) is 33.7. The van der Waals surface area contributed by atoms with E-state index in [0.717, 1.165) is 28.1 Å². The van der Waals surface area contributed by atoms with Gasteiger partial charge in [-0.15, -0.1) is 0 Å². The van der Waals surface area contributed by atoms with Crippen LogP contribution in [0.3, 0.4) is 0 Å². The summed E-state index contributed by atoms with van der Waals surface area (Å²) in [5, 5.41) is 0. The molecule has 6 nitrogen and oxygen atoms in total. The highest BCUT2D eigenvalue weighted by atomic mass is 19.4. The number of carbonyl (C=O) groups is 2. The number of halogens is 6. The molecular weight excluding hydrogens is 576 g/mol. The van der Waals surface area contributed by atoms with Crippen LogP contribution in [0.5, 0.6) is 0 Å². The fraction of sp³-hybridized carbons (Fsp3) is 0.419. The molecule has 0 unspecified atom stereocenters. The minimum Gasteiger partial charge on any atom is -0.383 e. The van der Waals surface area contributed by atoms with Gasteiger partial charge in [0.2, 0.25) is 5.91 Å². The summed E-state index contributed by atoms with van der Waals surface area (Å²) in [5.41, 5.74) is -1.04. The summed E-state index contributed by atoms with van der Waals surface area (Å²) >= 11 is 0. The van der Waals surface area contributed by atoms with Crippen molar-refractivity contribution in [1.82, 2.24) is 14.4 Å². The molecule has 0 aliphatic rings. The third-order valence-corrected chi connectivity index (χ3v) is 6.86. The molecule has 0 spiro atoms. The Morgan fingerprint density at radius 2 is 1.56 bits per heavy atom. The van der Waals surface area contributed by atoms with E-state index < -0.39 is 47.4 Å². The lowest BCUT2D eigenvalue weighted by atomic mass is 10.0. The first-order valence-corrected chi connectivity index (χ1v) is 13.8. The highest BCUT2D eigenvalue weighted by Gasteiger charge is 2.38. The van der Waals surface area contributed by atoms with Crippen molar-refractivity contribution in [3.05, 3.63) is 94.3 Å². The first-order chi connectivity index (χ1) is 20.2. The van der Waals surface area contributed by atoms with Gasteiger partial charge in [-0.3, -0.25) is 9.59 Å². The standard InChI is InChI=1S/C31H35F6N3O3/c1-4-5-11-39(20-27-10-7-12-38(27)19-23-9-6-8-22(2)15-23)28(41)21-40(13-14-43-3)29(42)24-16-25(30(32,33)34)18-26(17-24)31(35,36)37/h6-10,12,15-18H,4-5,11,13-14,19-21H2,1-3H3. The molecule has 12 heteroatoms. The van der Waals surface area contributed by atoms with Gasteiger partial charge in [0.15, 0.2) is 0 Å². The van der Waals surface area contributed by atoms with Gasteiger partial charge in [0.1, 0.15) is 6.54 Å². The maximum absolute atomic E-state index is 13.6. The highest BCUT2D eigenvalue weighted by molar-refractivity contribution is 5.97. The van der Waals surface area contributed by atoms with Gasteiger partial charge in [0.25, 0.3) is 5.91 Å². The number of aryl methyl sites for hydroxylation is 1. The van der Waals surface area contributed by atoms with Gasteiger partial charge >= 0.3 is 12.4 Å². The Kier molecular flexibility index (Phi) is 11.4. The van der Waals surface area contributed by atoms with E-state index in [1.165, 1.54) is 7.11 Å². The van der Waals surface area contributed by atoms with Crippen molar-refractivity contribution in [3.63, 3.8) is 0 Å². The SMILES string of the molecule is CCCCN(Cc1cccn1Cc1cccc(C)c1)C(=O)CN(CCOC)C(=O)c1cc(C(F)(F)F)cc(C(F)(F)F)c1. The Bertz CT molecular complexity index is 1350. The van der Waals surface area contributed by atoms with Gasteiger partial charge in [0.05, 0.1) is 24.3 Å². The van der Waals surface area contributed by atoms with Gasteiger partial charge in [0, 0.05) is 44.2 Å². The van der Waals surface area contributed by atoms with Crippen molar-refractivity contribution in [2.24, 2.45) is 0 Å². The number of ether oxygens (including phenoxy) is 1. The van der Waals surface area contributed by atoms with Crippen molar-refractivity contribution < 1.29 is 40.7 Å². The summed E-state index contributed by atoms with van der Waals surface area (Å²) in [6.45, 7) is 4.19. The molecule has 3 rings (SSSR count). The fourth-order valence-electron chi connectivity index (χ4n) is 4.57. The molecule has 3 aromatic rings. The number of aromatic nitrogens is 1. The predicted octanol–water partition coefficient (Wildman–Crippen LogP) is 6.80. The van der Waals surface area contributed by atoms with E-state index in [1.807, 2.05) is 54.9 Å². The number of unbranched alkanes of at least 4 members (excludes halogenated alkanes) is 1. The third kappa shape index (κ3) is 9.60. The third-order valence-electron chi connectivity index (χ3n) is 6.86. The first-order valence-electron chi connectivity index (χ1n) is 13.8. The Morgan fingerprint density at radius 1 is 0.884 bits per heavy atom. The summed E-state index contributed by atoms with van der Waals surface area (Å²) in [4.78, 5) is 29.4. The second-order valence-corrected chi connectivity index (χ2v) is 10.3. The van der Waals surface area contributed by atoms with Crippen LogP contribution < -0.4 is 0 Å². The quantitative estimate of drug-likeness (QED) is 0.200. The Labute approximate surface area is 246 Å². The van der Waals surface area contributed by atoms with Crippen molar-refractivity contribution in [3.8, 4) is 0 Å². The lowest BCUT2D eigenvalue weighted by Gasteiger charge is -2.28. The van der Waals surface area contributed by atoms with E-state index in [1.54, 1.807) is 4.90 Å². The molecule has 0 bridgehead atoms. The van der Waals surface area contributed by atoms with E-state index in [-0.39, 0.29) is 25.8 Å². The number of rotatable bonds is 13. The van der Waals surface area contributed by atoms with Crippen LogP contribution in [0.25, 0.3) is 0 Å². The molecule has 0 aliphatic carbocycles. The summed E-state index contributed by atoms with van der Waals surface area (Å²) in [6.07, 6.45) is -6.92. The van der Waals surface area contributed by atoms with Crippen LogP contribution in [0.15, 0.2) is 60.8 Å². The van der Waals surface area contributed by atoms with E-state index in [0.29, 0.717) is 31.6 Å². The van der Waals surface area contributed by atoms with Gasteiger partial charge in [-0.1, -0.05) is 43.2 Å². The van der Waals surface area contributed by atoms with Crippen molar-refractivity contribution in [2.75, 3.05) is 33.4 Å². The number of amides is 2. The van der Waals surface area contributed by atoms with Gasteiger partial charge < -0.3 is 19.1 Å². The van der Waals surface area contributed by atoms with Crippen LogP contribution in [-0.4, -0.2) is 59.5 Å². The van der Waals surface area contributed by atoms with E-state index in [9.17, 15) is 35.9 Å². The fourth-order valence-corrected chi connectivity index (χ4v) is 4.57. The molecule has 234 valence electrons. The molecule has 0 saturated carbocycles. The monoisotopic (exact) mass is 611 g/mol. The highest BCUT2D eigenvalue weighted by Crippen LogP contribution is 2.36. The molecule has 0 radical (unpaired) electrons. The number of benzene rings is 2. The summed E-state index contributed by atoms with van der Waals surface area (Å²) < 4.78 is 87.6. The molecule has 2 aromatic carbocycles. The molecule has 1 heterocycles. The number of alkyl halides is 6. The van der Waals surface area contributed by atoms with Gasteiger partial charge in [-0.2, -0.15) is 26.3 Å². The van der Waals surface area contributed by atoms with Crippen LogP contribution in [0.1, 0.15) is 58.1 Å². The lowest BCUT2D eigenvalue weighted by molar-refractivity contribution is -0.143. The van der Waals surface area contributed by atoms with Crippen molar-refractivity contribution in [2.45, 2.75) is 52.1 Å². The minimum absolute atomic E-state index is 0.0419. The summed E-state index contributed by atoms with van der Waals surface area (Å²) in [7, 11) is 1.33. The molecule has 0 atom stereocenters. The number of hydrogen-bond donors (Lipinski definition) is 0. The zero-order chi connectivity index (χ0) is 31.8. The van der Waals surface area contributed by atoms with Crippen LogP contribution >= 0.6 is 0 Å². The van der Waals surface area contributed by atoms with Crippen molar-refractivity contribution in [1.29, 1.82) is 0 Å². The van der Waals surface area contributed by atoms with Crippen molar-refractivity contribution >= 4 is 11.8 Å². The summed E-state index contributed by atoms with van der Waals surface area (Å²) in [6, 6.07) is 12.4. The zero-order valence-corrected chi connectivity index (χ0v) is 24.3. The Hall–Kier alpha value is -3.80. The topological polar surface area (TPSA) is 54.8 Å². The van der Waals surface area contributed by atoms with E-state index >= 15 is 0 Å². The second-order valence-electron chi connectivity index (χ2n) is 10.3. The lowest BCUT2D eigenvalue weighted by Crippen LogP contribution is -2.44. The average molecular weight is 612 g/mol. The van der Waals surface area contributed by atoms with E-state index in [2.05, 4.69) is 6.07 Å². The van der Waals surface area contributed by atoms with Gasteiger partial charge in [-0.05, 0) is 49.2 Å². The summed E-state index contributed by atoms with van der Waals surface area (Å²) in [5.74, 6) is -1.63. The molecule has 1 aromatic heterocycles. The van der Waals surface area contributed by atoms with Crippen LogP contribution in [0.2, 0.25) is 0 Å². The van der Waals surface area contributed by atoms with Crippen LogP contribution in [0, 0.1) is 6.92 Å². The Morgan fingerprint density at radius 3 is 2.14 bits per heavy atom. The normalized spacial score (nSPS) is 11.9. The molecule has 0 aliphatic heterocycles. The van der Waals surface area contributed by atoms with Gasteiger partial charge in [-0.25, -0.2) is 0 Å². The molecule has 0 N–H and O–H groups in total. The zero-order valence-electron chi connectivity index (χ0n) is 24.3. The number of carbonyl (C=O) groups excluding carboxylic acids is 2. The molecule has 2 amide bonds. The smallest absolute Gasteiger partial charge is 0.383 e. The molecular formula is C31H35F6N3O3. The minimum atomic E-state index is -5.12. The maximum Gasteiger partial charge on any atom is 0.416 e. The molecule has 43 heavy (non-hydrogen) atoms. The largest absolute Gasteiger partial charge is 0.416 e. The molecule has 0 saturated heterocycles. The predicted molar refractivity (Wildman–Crippen MR) is 149 cm³/mol. The van der Waals surface area contributed by atoms with E-state index in [4.69, 9.17) is 4.74 Å². The number of methoxy groups -OCH3 is 1. The van der Waals surface area contributed by atoms with Crippen LogP contribution in [-0.2, 0) is 35.0 Å². The average Bonchev–Trinajstić information content (AvgIpc) is 3.37. The maximum atomic E-state index is 13.6. The second kappa shape index (κ2) is 14.6. The number of nitrogens with zero attached hydrogens (tertiary/aromatic N) is 3. The van der Waals surface area contributed by atoms with Crippen LogP contribution in [0.4, 0.5) is 26.3 Å². The molecule has 0 fully saturated rings. The number of hydrogen-bond acceptors (Lipinski definition) is 3.